The number of nitrogens with zero attached hydrogens (tertiary/aromatic N) is 1. The third-order valence-electron chi connectivity index (χ3n) is 4.88. The second kappa shape index (κ2) is 8.50. The van der Waals surface area contributed by atoms with Crippen LogP contribution in [0.2, 0.25) is 0 Å². The summed E-state index contributed by atoms with van der Waals surface area (Å²) in [4.78, 5) is 0. The zero-order valence-electron chi connectivity index (χ0n) is 16.2. The Morgan fingerprint density at radius 3 is 2.78 bits per heavy atom. The molecule has 3 rings (SSSR count). The van der Waals surface area contributed by atoms with Gasteiger partial charge in [-0.2, -0.15) is 0 Å². The predicted octanol–water partition coefficient (Wildman–Crippen LogP) is 3.35. The molecule has 2 N–H and O–H groups in total. The molecule has 148 valence electrons. The fraction of sp³-hybridized carbons (Fsp3) is 0.571. The van der Waals surface area contributed by atoms with Crippen LogP contribution in [0.3, 0.4) is 0 Å². The van der Waals surface area contributed by atoms with Crippen LogP contribution in [0.5, 0.6) is 0 Å². The van der Waals surface area contributed by atoms with Gasteiger partial charge in [0.25, 0.3) is 0 Å². The number of hydrogen-bond acceptors (Lipinski definition) is 5. The summed E-state index contributed by atoms with van der Waals surface area (Å²) in [5, 5.41) is 17.7. The SMILES string of the molecule is CC(C)(C)c1cc(C[C@@H]2CC[C@H](O)[C@@H](CNCc3cccc(F)c3)O2)no1. The Morgan fingerprint density at radius 2 is 2.07 bits per heavy atom. The zero-order valence-corrected chi connectivity index (χ0v) is 16.2. The van der Waals surface area contributed by atoms with Crippen molar-refractivity contribution >= 4 is 0 Å². The van der Waals surface area contributed by atoms with Crippen molar-refractivity contribution in [2.75, 3.05) is 6.54 Å². The molecule has 1 fully saturated rings. The smallest absolute Gasteiger partial charge is 0.142 e. The molecule has 3 atom stereocenters. The number of halogens is 1. The second-order valence-electron chi connectivity index (χ2n) is 8.34. The molecule has 0 unspecified atom stereocenters. The van der Waals surface area contributed by atoms with Crippen LogP contribution in [-0.4, -0.2) is 35.1 Å². The van der Waals surface area contributed by atoms with Gasteiger partial charge in [-0.1, -0.05) is 38.1 Å². The van der Waals surface area contributed by atoms with Gasteiger partial charge in [-0.25, -0.2) is 4.39 Å². The Balaban J connectivity index is 1.50. The van der Waals surface area contributed by atoms with Crippen LogP contribution in [0.4, 0.5) is 4.39 Å². The number of aliphatic hydroxyl groups excluding tert-OH is 1. The number of aromatic nitrogens is 1. The van der Waals surface area contributed by atoms with E-state index in [0.29, 0.717) is 25.9 Å². The average molecular weight is 376 g/mol. The van der Waals surface area contributed by atoms with E-state index in [4.69, 9.17) is 9.26 Å². The van der Waals surface area contributed by atoms with E-state index in [1.165, 1.54) is 12.1 Å². The minimum absolute atomic E-state index is 0.00675. The normalized spacial score (nSPS) is 23.5. The number of hydrogen-bond donors (Lipinski definition) is 2. The molecule has 1 aliphatic heterocycles. The monoisotopic (exact) mass is 376 g/mol. The summed E-state index contributed by atoms with van der Waals surface area (Å²) in [5.41, 5.74) is 1.68. The van der Waals surface area contributed by atoms with E-state index in [1.54, 1.807) is 6.07 Å². The lowest BCUT2D eigenvalue weighted by Gasteiger charge is -2.34. The molecule has 1 aliphatic rings. The molecule has 1 aromatic heterocycles. The van der Waals surface area contributed by atoms with Gasteiger partial charge in [-0.15, -0.1) is 0 Å². The number of nitrogens with one attached hydrogen (secondary N) is 1. The van der Waals surface area contributed by atoms with Crippen molar-refractivity contribution in [3.05, 3.63) is 53.2 Å². The van der Waals surface area contributed by atoms with Crippen LogP contribution in [0.1, 0.15) is 50.6 Å². The van der Waals surface area contributed by atoms with E-state index < -0.39 is 6.10 Å². The van der Waals surface area contributed by atoms with Crippen molar-refractivity contribution in [3.8, 4) is 0 Å². The maximum atomic E-state index is 13.2. The third-order valence-corrected chi connectivity index (χ3v) is 4.88. The molecule has 0 bridgehead atoms. The molecular formula is C21H29FN2O3. The van der Waals surface area contributed by atoms with Crippen LogP contribution in [-0.2, 0) is 23.1 Å². The Hall–Kier alpha value is -1.76. The Bertz CT molecular complexity index is 741. The summed E-state index contributed by atoms with van der Waals surface area (Å²) in [7, 11) is 0. The van der Waals surface area contributed by atoms with Gasteiger partial charge < -0.3 is 19.7 Å². The van der Waals surface area contributed by atoms with E-state index in [1.807, 2.05) is 12.1 Å². The number of ether oxygens (including phenoxy) is 1. The van der Waals surface area contributed by atoms with Gasteiger partial charge in [0.2, 0.25) is 0 Å². The van der Waals surface area contributed by atoms with Crippen LogP contribution in [0.15, 0.2) is 34.9 Å². The molecule has 1 aromatic carbocycles. The van der Waals surface area contributed by atoms with Gasteiger partial charge in [-0.05, 0) is 30.5 Å². The summed E-state index contributed by atoms with van der Waals surface area (Å²) in [6.07, 6.45) is 1.38. The molecule has 0 radical (unpaired) electrons. The molecule has 2 aromatic rings. The van der Waals surface area contributed by atoms with Crippen molar-refractivity contribution in [1.82, 2.24) is 10.5 Å². The van der Waals surface area contributed by atoms with Gasteiger partial charge in [0, 0.05) is 31.0 Å². The van der Waals surface area contributed by atoms with E-state index in [9.17, 15) is 9.50 Å². The quantitative estimate of drug-likeness (QED) is 0.809. The van der Waals surface area contributed by atoms with Crippen molar-refractivity contribution in [3.63, 3.8) is 0 Å². The van der Waals surface area contributed by atoms with Crippen molar-refractivity contribution < 1.29 is 18.8 Å². The highest BCUT2D eigenvalue weighted by Gasteiger charge is 2.30. The maximum Gasteiger partial charge on any atom is 0.142 e. The minimum Gasteiger partial charge on any atom is -0.390 e. The van der Waals surface area contributed by atoms with Crippen molar-refractivity contribution in [2.45, 2.75) is 70.3 Å². The fourth-order valence-corrected chi connectivity index (χ4v) is 3.28. The second-order valence-corrected chi connectivity index (χ2v) is 8.34. The largest absolute Gasteiger partial charge is 0.390 e. The fourth-order valence-electron chi connectivity index (χ4n) is 3.28. The molecule has 27 heavy (non-hydrogen) atoms. The van der Waals surface area contributed by atoms with Gasteiger partial charge >= 0.3 is 0 Å². The third kappa shape index (κ3) is 5.61. The lowest BCUT2D eigenvalue weighted by atomic mass is 9.92. The van der Waals surface area contributed by atoms with Gasteiger partial charge in [0.1, 0.15) is 11.6 Å². The first-order chi connectivity index (χ1) is 12.8. The van der Waals surface area contributed by atoms with E-state index >= 15 is 0 Å². The molecule has 0 amide bonds. The van der Waals surface area contributed by atoms with Gasteiger partial charge in [0.05, 0.1) is 24.0 Å². The standard InChI is InChI=1S/C21H29FN2O3/c1-21(2,3)20-11-16(24-27-20)10-17-7-8-18(25)19(26-17)13-23-12-14-5-4-6-15(22)9-14/h4-6,9,11,17-19,23,25H,7-8,10,12-13H2,1-3H3/t17-,18-,19+/m0/s1. The summed E-state index contributed by atoms with van der Waals surface area (Å²) < 4.78 is 24.8. The van der Waals surface area contributed by atoms with E-state index in [2.05, 4.69) is 31.2 Å². The molecule has 1 saturated heterocycles. The number of aliphatic hydroxyl groups is 1. The highest BCUT2D eigenvalue weighted by Crippen LogP contribution is 2.26. The zero-order chi connectivity index (χ0) is 19.4. The molecule has 0 saturated carbocycles. The Morgan fingerprint density at radius 1 is 1.26 bits per heavy atom. The lowest BCUT2D eigenvalue weighted by Crippen LogP contribution is -2.45. The predicted molar refractivity (Wildman–Crippen MR) is 101 cm³/mol. The molecule has 6 heteroatoms. The lowest BCUT2D eigenvalue weighted by molar-refractivity contribution is -0.115. The molecule has 0 spiro atoms. The highest BCUT2D eigenvalue weighted by atomic mass is 19.1. The Labute approximate surface area is 159 Å². The first kappa shape index (κ1) is 20.0. The first-order valence-electron chi connectivity index (χ1n) is 9.56. The van der Waals surface area contributed by atoms with Crippen LogP contribution >= 0.6 is 0 Å². The molecule has 0 aliphatic carbocycles. The van der Waals surface area contributed by atoms with Crippen LogP contribution < -0.4 is 5.32 Å². The van der Waals surface area contributed by atoms with Crippen molar-refractivity contribution in [2.24, 2.45) is 0 Å². The molecular weight excluding hydrogens is 347 g/mol. The average Bonchev–Trinajstić information content (AvgIpc) is 3.07. The summed E-state index contributed by atoms with van der Waals surface area (Å²) in [5.74, 6) is 0.618. The number of benzene rings is 1. The van der Waals surface area contributed by atoms with Gasteiger partial charge in [-0.3, -0.25) is 0 Å². The number of rotatable bonds is 6. The summed E-state index contributed by atoms with van der Waals surface area (Å²) >= 11 is 0. The van der Waals surface area contributed by atoms with Crippen LogP contribution in [0.25, 0.3) is 0 Å². The van der Waals surface area contributed by atoms with Crippen LogP contribution in [0, 0.1) is 5.82 Å². The topological polar surface area (TPSA) is 67.5 Å². The molecule has 2 heterocycles. The Kier molecular flexibility index (Phi) is 6.29. The first-order valence-corrected chi connectivity index (χ1v) is 9.56. The maximum absolute atomic E-state index is 13.2. The summed E-state index contributed by atoms with van der Waals surface area (Å²) in [6, 6.07) is 8.49. The minimum atomic E-state index is -0.497. The summed E-state index contributed by atoms with van der Waals surface area (Å²) in [6.45, 7) is 7.31. The van der Waals surface area contributed by atoms with Gasteiger partial charge in [0.15, 0.2) is 0 Å². The molecule has 5 nitrogen and oxygen atoms in total. The van der Waals surface area contributed by atoms with E-state index in [0.717, 1.165) is 23.4 Å². The highest BCUT2D eigenvalue weighted by molar-refractivity contribution is 5.16. The van der Waals surface area contributed by atoms with E-state index in [-0.39, 0.29) is 23.4 Å². The van der Waals surface area contributed by atoms with Crippen molar-refractivity contribution in [1.29, 1.82) is 0 Å².